The van der Waals surface area contributed by atoms with Crippen molar-refractivity contribution in [3.8, 4) is 5.75 Å². The third kappa shape index (κ3) is 4.72. The Kier molecular flexibility index (Phi) is 6.07. The van der Waals surface area contributed by atoms with Crippen molar-refractivity contribution in [2.24, 2.45) is 11.7 Å². The number of ether oxygens (including phenoxy) is 1. The first-order valence-corrected chi connectivity index (χ1v) is 8.19. The second kappa shape index (κ2) is 7.81. The van der Waals surface area contributed by atoms with Crippen LogP contribution in [0.1, 0.15) is 49.3 Å². The predicted molar refractivity (Wildman–Crippen MR) is 88.7 cm³/mol. The predicted octanol–water partition coefficient (Wildman–Crippen LogP) is 3.52. The molecule has 0 spiro atoms. The van der Waals surface area contributed by atoms with Crippen molar-refractivity contribution in [1.82, 2.24) is 4.90 Å². The molecular formula is C18H30N2O. The number of nitrogens with zero attached hydrogens (tertiary/aromatic N) is 1. The van der Waals surface area contributed by atoms with Gasteiger partial charge in [0.25, 0.3) is 0 Å². The molecule has 2 rings (SSSR count). The Balaban J connectivity index is 1.93. The zero-order chi connectivity index (χ0) is 15.2. The van der Waals surface area contributed by atoms with Crippen molar-refractivity contribution in [3.63, 3.8) is 0 Å². The lowest BCUT2D eigenvalue weighted by atomic mass is 9.89. The highest BCUT2D eigenvalue weighted by molar-refractivity contribution is 5.39. The molecule has 0 heterocycles. The van der Waals surface area contributed by atoms with E-state index in [0.717, 1.165) is 23.8 Å². The zero-order valence-corrected chi connectivity index (χ0v) is 13.8. The van der Waals surface area contributed by atoms with Crippen LogP contribution in [0.3, 0.4) is 0 Å². The van der Waals surface area contributed by atoms with E-state index in [-0.39, 0.29) is 6.04 Å². The topological polar surface area (TPSA) is 38.5 Å². The van der Waals surface area contributed by atoms with Gasteiger partial charge in [-0.15, -0.1) is 0 Å². The molecule has 3 nitrogen and oxygen atoms in total. The van der Waals surface area contributed by atoms with Crippen molar-refractivity contribution in [2.75, 3.05) is 27.2 Å². The Labute approximate surface area is 129 Å². The lowest BCUT2D eigenvalue weighted by Gasteiger charge is -2.29. The van der Waals surface area contributed by atoms with E-state index < -0.39 is 0 Å². The Morgan fingerprint density at radius 2 is 2.00 bits per heavy atom. The standard InChI is InChI=1S/C18H30N2O/c1-14-9-10-18(21-3)16(11-14)17(19)13-20(2)12-15-7-5-4-6-8-15/h9-11,15,17H,4-8,12-13,19H2,1-3H3. The molecule has 1 aliphatic rings. The lowest BCUT2D eigenvalue weighted by Crippen LogP contribution is -2.33. The van der Waals surface area contributed by atoms with Crippen LogP contribution in [0.5, 0.6) is 5.75 Å². The smallest absolute Gasteiger partial charge is 0.123 e. The number of rotatable bonds is 6. The summed E-state index contributed by atoms with van der Waals surface area (Å²) < 4.78 is 5.45. The van der Waals surface area contributed by atoms with Crippen LogP contribution in [0.2, 0.25) is 0 Å². The molecule has 0 bridgehead atoms. The van der Waals surface area contributed by atoms with Crippen LogP contribution in [-0.2, 0) is 0 Å². The summed E-state index contributed by atoms with van der Waals surface area (Å²) in [6.45, 7) is 4.15. The fraction of sp³-hybridized carbons (Fsp3) is 0.667. The molecule has 1 atom stereocenters. The zero-order valence-electron chi connectivity index (χ0n) is 13.8. The van der Waals surface area contributed by atoms with Gasteiger partial charge in [0, 0.05) is 24.7 Å². The van der Waals surface area contributed by atoms with E-state index in [1.165, 1.54) is 44.2 Å². The minimum atomic E-state index is 0.00782. The van der Waals surface area contributed by atoms with Gasteiger partial charge in [0.1, 0.15) is 5.75 Å². The quantitative estimate of drug-likeness (QED) is 0.871. The summed E-state index contributed by atoms with van der Waals surface area (Å²) in [5.74, 6) is 1.76. The van der Waals surface area contributed by atoms with Crippen molar-refractivity contribution < 1.29 is 4.74 Å². The second-order valence-electron chi connectivity index (χ2n) is 6.58. The first-order chi connectivity index (χ1) is 10.1. The van der Waals surface area contributed by atoms with Crippen LogP contribution in [0, 0.1) is 12.8 Å². The molecule has 1 aromatic rings. The van der Waals surface area contributed by atoms with Gasteiger partial charge in [0.2, 0.25) is 0 Å². The molecule has 1 fully saturated rings. The normalized spacial score (nSPS) is 18.0. The molecule has 0 amide bonds. The van der Waals surface area contributed by atoms with E-state index >= 15 is 0 Å². The van der Waals surface area contributed by atoms with E-state index in [2.05, 4.69) is 31.0 Å². The van der Waals surface area contributed by atoms with Crippen LogP contribution in [0.25, 0.3) is 0 Å². The Bertz CT molecular complexity index is 441. The van der Waals surface area contributed by atoms with Gasteiger partial charge in [-0.25, -0.2) is 0 Å². The van der Waals surface area contributed by atoms with Gasteiger partial charge in [-0.05, 0) is 38.8 Å². The first-order valence-electron chi connectivity index (χ1n) is 8.19. The van der Waals surface area contributed by atoms with E-state index in [0.29, 0.717) is 0 Å². The van der Waals surface area contributed by atoms with E-state index in [1.54, 1.807) is 7.11 Å². The molecule has 21 heavy (non-hydrogen) atoms. The lowest BCUT2D eigenvalue weighted by molar-refractivity contribution is 0.223. The molecule has 2 N–H and O–H groups in total. The summed E-state index contributed by atoms with van der Waals surface area (Å²) in [7, 11) is 3.91. The maximum atomic E-state index is 6.42. The molecule has 0 aromatic heterocycles. The summed E-state index contributed by atoms with van der Waals surface area (Å²) >= 11 is 0. The molecule has 0 radical (unpaired) electrons. The number of hydrogen-bond donors (Lipinski definition) is 1. The fourth-order valence-corrected chi connectivity index (χ4v) is 3.46. The summed E-state index contributed by atoms with van der Waals surface area (Å²) in [5, 5.41) is 0. The SMILES string of the molecule is COc1ccc(C)cc1C(N)CN(C)CC1CCCCC1. The number of methoxy groups -OCH3 is 1. The van der Waals surface area contributed by atoms with Crippen molar-refractivity contribution >= 4 is 0 Å². The number of benzene rings is 1. The third-order valence-corrected chi connectivity index (χ3v) is 4.59. The van der Waals surface area contributed by atoms with Gasteiger partial charge in [0.05, 0.1) is 7.11 Å². The van der Waals surface area contributed by atoms with Crippen molar-refractivity contribution in [2.45, 2.75) is 45.1 Å². The minimum Gasteiger partial charge on any atom is -0.496 e. The van der Waals surface area contributed by atoms with Crippen molar-refractivity contribution in [1.29, 1.82) is 0 Å². The van der Waals surface area contributed by atoms with Crippen LogP contribution in [0.15, 0.2) is 18.2 Å². The van der Waals surface area contributed by atoms with Gasteiger partial charge < -0.3 is 15.4 Å². The summed E-state index contributed by atoms with van der Waals surface area (Å²) in [4.78, 5) is 2.39. The molecule has 3 heteroatoms. The summed E-state index contributed by atoms with van der Waals surface area (Å²) in [5.41, 5.74) is 8.78. The molecule has 1 unspecified atom stereocenters. The van der Waals surface area contributed by atoms with Gasteiger partial charge in [-0.3, -0.25) is 0 Å². The monoisotopic (exact) mass is 290 g/mol. The maximum Gasteiger partial charge on any atom is 0.123 e. The number of aryl methyl sites for hydroxylation is 1. The van der Waals surface area contributed by atoms with Gasteiger partial charge in [-0.2, -0.15) is 0 Å². The van der Waals surface area contributed by atoms with Gasteiger partial charge in [-0.1, -0.05) is 37.0 Å². The molecular weight excluding hydrogens is 260 g/mol. The minimum absolute atomic E-state index is 0.00782. The molecule has 1 saturated carbocycles. The molecule has 1 aliphatic carbocycles. The molecule has 118 valence electrons. The van der Waals surface area contributed by atoms with Crippen LogP contribution < -0.4 is 10.5 Å². The van der Waals surface area contributed by atoms with Gasteiger partial charge in [0.15, 0.2) is 0 Å². The average molecular weight is 290 g/mol. The summed E-state index contributed by atoms with van der Waals surface area (Å²) in [6, 6.07) is 6.25. The third-order valence-electron chi connectivity index (χ3n) is 4.59. The number of hydrogen-bond acceptors (Lipinski definition) is 3. The van der Waals surface area contributed by atoms with E-state index in [9.17, 15) is 0 Å². The van der Waals surface area contributed by atoms with Crippen molar-refractivity contribution in [3.05, 3.63) is 29.3 Å². The maximum absolute atomic E-state index is 6.42. The van der Waals surface area contributed by atoms with Crippen LogP contribution in [-0.4, -0.2) is 32.1 Å². The Morgan fingerprint density at radius 1 is 1.29 bits per heavy atom. The van der Waals surface area contributed by atoms with Crippen LogP contribution in [0.4, 0.5) is 0 Å². The van der Waals surface area contributed by atoms with E-state index in [4.69, 9.17) is 10.5 Å². The number of likely N-dealkylation sites (N-methyl/N-ethyl adjacent to an activating group) is 1. The molecule has 1 aromatic carbocycles. The second-order valence-corrected chi connectivity index (χ2v) is 6.58. The average Bonchev–Trinajstić information content (AvgIpc) is 2.48. The first kappa shape index (κ1) is 16.3. The van der Waals surface area contributed by atoms with Crippen LogP contribution >= 0.6 is 0 Å². The Morgan fingerprint density at radius 3 is 2.67 bits per heavy atom. The highest BCUT2D eigenvalue weighted by Crippen LogP contribution is 2.27. The molecule has 0 saturated heterocycles. The van der Waals surface area contributed by atoms with E-state index in [1.807, 2.05) is 6.07 Å². The fourth-order valence-electron chi connectivity index (χ4n) is 3.46. The largest absolute Gasteiger partial charge is 0.496 e. The Hall–Kier alpha value is -1.06. The highest BCUT2D eigenvalue weighted by Gasteiger charge is 2.18. The van der Waals surface area contributed by atoms with Gasteiger partial charge >= 0.3 is 0 Å². The molecule has 0 aliphatic heterocycles. The summed E-state index contributed by atoms with van der Waals surface area (Å²) in [6.07, 6.45) is 6.98. The highest BCUT2D eigenvalue weighted by atomic mass is 16.5. The number of nitrogens with two attached hydrogens (primary N) is 1.